The van der Waals surface area contributed by atoms with Crippen LogP contribution < -0.4 is 0 Å². The van der Waals surface area contributed by atoms with Gasteiger partial charge in [-0.05, 0) is 13.8 Å². The van der Waals surface area contributed by atoms with Crippen molar-refractivity contribution >= 4 is 17.3 Å². The van der Waals surface area contributed by atoms with E-state index in [9.17, 15) is 25.0 Å². The highest BCUT2D eigenvalue weighted by Crippen LogP contribution is 2.23. The van der Waals surface area contributed by atoms with Crippen LogP contribution in [-0.4, -0.2) is 35.1 Å². The molecule has 0 N–H and O–H groups in total. The highest BCUT2D eigenvalue weighted by atomic mass is 16.6. The molecule has 0 fully saturated rings. The third-order valence-corrected chi connectivity index (χ3v) is 2.33. The summed E-state index contributed by atoms with van der Waals surface area (Å²) in [5, 5.41) is 21.4. The Hall–Kier alpha value is -2.55. The van der Waals surface area contributed by atoms with E-state index in [0.717, 1.165) is 18.2 Å². The lowest BCUT2D eigenvalue weighted by Crippen LogP contribution is -2.14. The maximum atomic E-state index is 11.7. The molecule has 0 unspecified atom stereocenters. The molecule has 0 saturated heterocycles. The predicted octanol–water partition coefficient (Wildman–Crippen LogP) is 2.08. The van der Waals surface area contributed by atoms with E-state index in [1.807, 2.05) is 13.8 Å². The SMILES string of the molecule is CC(C)OCCOC(=O)c1cc([N+](=O)[O-])cc([N+](=O)[O-])c1. The number of hydrogen-bond acceptors (Lipinski definition) is 7. The van der Waals surface area contributed by atoms with Gasteiger partial charge in [-0.1, -0.05) is 0 Å². The number of benzene rings is 1. The lowest BCUT2D eigenvalue weighted by Gasteiger charge is -2.08. The fraction of sp³-hybridized carbons (Fsp3) is 0.417. The molecule has 0 heterocycles. The molecule has 0 amide bonds. The first kappa shape index (κ1) is 16.5. The number of rotatable bonds is 7. The average molecular weight is 298 g/mol. The molecule has 21 heavy (non-hydrogen) atoms. The quantitative estimate of drug-likeness (QED) is 0.327. The van der Waals surface area contributed by atoms with Crippen LogP contribution in [0.4, 0.5) is 11.4 Å². The fourth-order valence-corrected chi connectivity index (χ4v) is 1.43. The van der Waals surface area contributed by atoms with Crippen molar-refractivity contribution in [3.63, 3.8) is 0 Å². The Morgan fingerprint density at radius 2 is 1.62 bits per heavy atom. The van der Waals surface area contributed by atoms with Crippen LogP contribution in [0, 0.1) is 20.2 Å². The zero-order valence-corrected chi connectivity index (χ0v) is 11.5. The highest BCUT2D eigenvalue weighted by Gasteiger charge is 2.20. The van der Waals surface area contributed by atoms with E-state index in [1.54, 1.807) is 0 Å². The van der Waals surface area contributed by atoms with Gasteiger partial charge in [0.15, 0.2) is 0 Å². The van der Waals surface area contributed by atoms with E-state index >= 15 is 0 Å². The molecule has 0 spiro atoms. The Balaban J connectivity index is 2.83. The number of hydrogen-bond donors (Lipinski definition) is 0. The molecule has 0 bridgehead atoms. The molecular weight excluding hydrogens is 284 g/mol. The van der Waals surface area contributed by atoms with Crippen LogP contribution in [-0.2, 0) is 9.47 Å². The number of carbonyl (C=O) groups is 1. The van der Waals surface area contributed by atoms with Crippen molar-refractivity contribution in [2.75, 3.05) is 13.2 Å². The minimum absolute atomic E-state index is 0.0254. The standard InChI is InChI=1S/C12H14N2O7/c1-8(2)20-3-4-21-12(15)9-5-10(13(16)17)7-11(6-9)14(18)19/h5-8H,3-4H2,1-2H3. The zero-order chi connectivity index (χ0) is 16.0. The second kappa shape index (κ2) is 7.29. The van der Waals surface area contributed by atoms with Gasteiger partial charge in [-0.15, -0.1) is 0 Å². The lowest BCUT2D eigenvalue weighted by atomic mass is 10.2. The van der Waals surface area contributed by atoms with Crippen LogP contribution >= 0.6 is 0 Å². The summed E-state index contributed by atoms with van der Waals surface area (Å²) >= 11 is 0. The van der Waals surface area contributed by atoms with E-state index in [1.165, 1.54) is 0 Å². The van der Waals surface area contributed by atoms with E-state index in [2.05, 4.69) is 0 Å². The van der Waals surface area contributed by atoms with Crippen molar-refractivity contribution in [1.82, 2.24) is 0 Å². The van der Waals surface area contributed by atoms with Crippen LogP contribution in [0.15, 0.2) is 18.2 Å². The summed E-state index contributed by atoms with van der Waals surface area (Å²) in [6, 6.07) is 2.63. The number of nitro benzene ring substituents is 2. The molecule has 1 aromatic rings. The zero-order valence-electron chi connectivity index (χ0n) is 11.5. The van der Waals surface area contributed by atoms with Crippen molar-refractivity contribution < 1.29 is 24.1 Å². The molecule has 0 aliphatic carbocycles. The first-order chi connectivity index (χ1) is 9.81. The molecule has 114 valence electrons. The van der Waals surface area contributed by atoms with Gasteiger partial charge in [-0.2, -0.15) is 0 Å². The van der Waals surface area contributed by atoms with Gasteiger partial charge in [0.05, 0.1) is 34.2 Å². The number of nitrogens with zero attached hydrogens (tertiary/aromatic N) is 2. The second-order valence-electron chi connectivity index (χ2n) is 4.31. The maximum absolute atomic E-state index is 11.7. The lowest BCUT2D eigenvalue weighted by molar-refractivity contribution is -0.394. The molecule has 0 aliphatic heterocycles. The van der Waals surface area contributed by atoms with Crippen LogP contribution in [0.5, 0.6) is 0 Å². The number of nitro groups is 2. The van der Waals surface area contributed by atoms with E-state index in [4.69, 9.17) is 9.47 Å². The highest BCUT2D eigenvalue weighted by molar-refractivity contribution is 5.91. The van der Waals surface area contributed by atoms with Crippen LogP contribution in [0.1, 0.15) is 24.2 Å². The summed E-state index contributed by atoms with van der Waals surface area (Å²) in [6.07, 6.45) is -0.0254. The molecule has 0 atom stereocenters. The summed E-state index contributed by atoms with van der Waals surface area (Å²) < 4.78 is 10.00. The average Bonchev–Trinajstić information content (AvgIpc) is 2.42. The van der Waals surface area contributed by atoms with E-state index in [-0.39, 0.29) is 24.9 Å². The third-order valence-electron chi connectivity index (χ3n) is 2.33. The van der Waals surface area contributed by atoms with Crippen LogP contribution in [0.3, 0.4) is 0 Å². The Labute approximate surface area is 119 Å². The van der Waals surface area contributed by atoms with Crippen molar-refractivity contribution in [2.45, 2.75) is 20.0 Å². The van der Waals surface area contributed by atoms with Gasteiger partial charge >= 0.3 is 5.97 Å². The minimum Gasteiger partial charge on any atom is -0.460 e. The Morgan fingerprint density at radius 1 is 1.10 bits per heavy atom. The van der Waals surface area contributed by atoms with E-state index in [0.29, 0.717) is 0 Å². The Bertz CT molecular complexity index is 524. The first-order valence-electron chi connectivity index (χ1n) is 6.04. The van der Waals surface area contributed by atoms with Crippen molar-refractivity contribution in [3.8, 4) is 0 Å². The van der Waals surface area contributed by atoms with Gasteiger partial charge in [-0.3, -0.25) is 20.2 Å². The van der Waals surface area contributed by atoms with Crippen molar-refractivity contribution in [2.24, 2.45) is 0 Å². The summed E-state index contributed by atoms with van der Waals surface area (Å²) in [4.78, 5) is 31.5. The molecule has 0 aromatic heterocycles. The molecular formula is C12H14N2O7. The number of esters is 1. The summed E-state index contributed by atoms with van der Waals surface area (Å²) in [5.74, 6) is -0.880. The topological polar surface area (TPSA) is 122 Å². The summed E-state index contributed by atoms with van der Waals surface area (Å²) in [7, 11) is 0. The van der Waals surface area contributed by atoms with Gasteiger partial charge in [0.1, 0.15) is 6.61 Å². The third kappa shape index (κ3) is 5.15. The van der Waals surface area contributed by atoms with Gasteiger partial charge in [-0.25, -0.2) is 4.79 Å². The molecule has 0 radical (unpaired) electrons. The minimum atomic E-state index is -0.880. The van der Waals surface area contributed by atoms with Crippen molar-refractivity contribution in [1.29, 1.82) is 0 Å². The molecule has 1 aromatic carbocycles. The molecule has 1 rings (SSSR count). The number of non-ortho nitro benzene ring substituents is 2. The Morgan fingerprint density at radius 3 is 2.05 bits per heavy atom. The van der Waals surface area contributed by atoms with Gasteiger partial charge in [0, 0.05) is 12.1 Å². The molecule has 9 nitrogen and oxygen atoms in total. The molecule has 9 heteroatoms. The number of carbonyl (C=O) groups excluding carboxylic acids is 1. The van der Waals surface area contributed by atoms with Crippen LogP contribution in [0.2, 0.25) is 0 Å². The van der Waals surface area contributed by atoms with Gasteiger partial charge in [0.25, 0.3) is 11.4 Å². The number of ether oxygens (including phenoxy) is 2. The predicted molar refractivity (Wildman–Crippen MR) is 71.1 cm³/mol. The smallest absolute Gasteiger partial charge is 0.338 e. The molecule has 0 saturated carbocycles. The normalized spacial score (nSPS) is 10.4. The van der Waals surface area contributed by atoms with Gasteiger partial charge < -0.3 is 9.47 Å². The monoisotopic (exact) mass is 298 g/mol. The van der Waals surface area contributed by atoms with E-state index < -0.39 is 27.2 Å². The molecule has 0 aliphatic rings. The summed E-state index contributed by atoms with van der Waals surface area (Å²) in [5.41, 5.74) is -1.34. The van der Waals surface area contributed by atoms with Crippen molar-refractivity contribution in [3.05, 3.63) is 44.0 Å². The Kier molecular flexibility index (Phi) is 5.73. The summed E-state index contributed by atoms with van der Waals surface area (Å²) in [6.45, 7) is 3.74. The largest absolute Gasteiger partial charge is 0.460 e. The van der Waals surface area contributed by atoms with Gasteiger partial charge in [0.2, 0.25) is 0 Å². The fourth-order valence-electron chi connectivity index (χ4n) is 1.43. The first-order valence-corrected chi connectivity index (χ1v) is 6.04. The van der Waals surface area contributed by atoms with Crippen LogP contribution in [0.25, 0.3) is 0 Å². The maximum Gasteiger partial charge on any atom is 0.338 e. The second-order valence-corrected chi connectivity index (χ2v) is 4.31.